The van der Waals surface area contributed by atoms with Crippen LogP contribution in [0.4, 0.5) is 0 Å². The number of hydrogen-bond acceptors (Lipinski definition) is 3. The van der Waals surface area contributed by atoms with Crippen molar-refractivity contribution < 1.29 is 9.59 Å². The van der Waals surface area contributed by atoms with Gasteiger partial charge in [-0.3, -0.25) is 9.59 Å². The lowest BCUT2D eigenvalue weighted by Gasteiger charge is -2.12. The molecule has 13 heavy (non-hydrogen) atoms. The van der Waals surface area contributed by atoms with Crippen molar-refractivity contribution in [2.24, 2.45) is 0 Å². The lowest BCUT2D eigenvalue weighted by molar-refractivity contribution is -0.115. The highest BCUT2D eigenvalue weighted by Crippen LogP contribution is 2.20. The summed E-state index contributed by atoms with van der Waals surface area (Å²) in [6.45, 7) is 0.797. The van der Waals surface area contributed by atoms with Gasteiger partial charge in [-0.05, 0) is 31.4 Å². The highest BCUT2D eigenvalue weighted by molar-refractivity contribution is 6.19. The zero-order chi connectivity index (χ0) is 9.26. The van der Waals surface area contributed by atoms with E-state index >= 15 is 0 Å². The molecule has 0 saturated heterocycles. The van der Waals surface area contributed by atoms with Gasteiger partial charge >= 0.3 is 0 Å². The van der Waals surface area contributed by atoms with E-state index in [1.807, 2.05) is 0 Å². The van der Waals surface area contributed by atoms with Gasteiger partial charge in [-0.1, -0.05) is 0 Å². The zero-order valence-electron chi connectivity index (χ0n) is 7.30. The monoisotopic (exact) mass is 177 g/mol. The van der Waals surface area contributed by atoms with Crippen LogP contribution in [-0.2, 0) is 9.59 Å². The Kier molecular flexibility index (Phi) is 2.00. The fraction of sp³-hybridized carbons (Fsp3) is 0.400. The molecule has 0 fully saturated rings. The van der Waals surface area contributed by atoms with Crippen molar-refractivity contribution in [1.82, 2.24) is 5.32 Å². The van der Waals surface area contributed by atoms with E-state index in [-0.39, 0.29) is 11.6 Å². The van der Waals surface area contributed by atoms with Crippen LogP contribution in [0.25, 0.3) is 0 Å². The summed E-state index contributed by atoms with van der Waals surface area (Å²) in [7, 11) is 0. The maximum atomic E-state index is 11.4. The van der Waals surface area contributed by atoms with Gasteiger partial charge in [0.05, 0.1) is 5.70 Å². The molecule has 1 aliphatic heterocycles. The van der Waals surface area contributed by atoms with E-state index < -0.39 is 0 Å². The molecule has 0 spiro atoms. The number of nitrogens with one attached hydrogen (secondary N) is 1. The summed E-state index contributed by atoms with van der Waals surface area (Å²) in [5, 5.41) is 3.02. The maximum absolute atomic E-state index is 11.4. The number of hydrogen-bond donors (Lipinski definition) is 1. The third-order valence-electron chi connectivity index (χ3n) is 2.39. The minimum Gasteiger partial charge on any atom is -0.382 e. The molecule has 0 aromatic carbocycles. The first-order chi connectivity index (χ1) is 6.29. The molecule has 0 atom stereocenters. The molecule has 1 N–H and O–H groups in total. The fourth-order valence-electron chi connectivity index (χ4n) is 1.69. The lowest BCUT2D eigenvalue weighted by atomic mass is 9.97. The van der Waals surface area contributed by atoms with E-state index in [2.05, 4.69) is 5.32 Å². The van der Waals surface area contributed by atoms with Gasteiger partial charge in [0.2, 0.25) is 5.78 Å². The molecule has 0 bridgehead atoms. The second-order valence-electron chi connectivity index (χ2n) is 3.30. The topological polar surface area (TPSA) is 46.2 Å². The molecule has 0 aromatic rings. The number of ketones is 2. The molecule has 0 radical (unpaired) electrons. The minimum absolute atomic E-state index is 0.0102. The quantitative estimate of drug-likeness (QED) is 0.554. The molecular weight excluding hydrogens is 166 g/mol. The van der Waals surface area contributed by atoms with Crippen LogP contribution in [0.15, 0.2) is 23.4 Å². The third-order valence-corrected chi connectivity index (χ3v) is 2.39. The Bertz CT molecular complexity index is 296. The predicted octanol–water partition coefficient (Wildman–Crippen LogP) is 0.722. The van der Waals surface area contributed by atoms with Crippen molar-refractivity contribution in [3.05, 3.63) is 23.4 Å². The summed E-state index contributed by atoms with van der Waals surface area (Å²) in [4.78, 5) is 22.8. The first-order valence-electron chi connectivity index (χ1n) is 4.53. The van der Waals surface area contributed by atoms with E-state index in [9.17, 15) is 9.59 Å². The summed E-state index contributed by atoms with van der Waals surface area (Å²) in [5.74, 6) is -0.0690. The molecule has 2 aliphatic rings. The molecule has 1 heterocycles. The number of allylic oxidation sites excluding steroid dienone is 3. The molecule has 68 valence electrons. The summed E-state index contributed by atoms with van der Waals surface area (Å²) in [6, 6.07) is 0. The van der Waals surface area contributed by atoms with Crippen molar-refractivity contribution >= 4 is 11.6 Å². The van der Waals surface area contributed by atoms with Crippen LogP contribution in [0.5, 0.6) is 0 Å². The first kappa shape index (κ1) is 8.23. The van der Waals surface area contributed by atoms with Gasteiger partial charge < -0.3 is 5.32 Å². The maximum Gasteiger partial charge on any atom is 0.202 e. The largest absolute Gasteiger partial charge is 0.382 e. The van der Waals surface area contributed by atoms with Crippen LogP contribution in [-0.4, -0.2) is 18.1 Å². The number of rotatable bonds is 0. The molecule has 0 amide bonds. The Morgan fingerprint density at radius 3 is 2.69 bits per heavy atom. The Morgan fingerprint density at radius 2 is 1.85 bits per heavy atom. The van der Waals surface area contributed by atoms with Crippen molar-refractivity contribution in [2.45, 2.75) is 19.3 Å². The first-order valence-corrected chi connectivity index (χ1v) is 4.53. The summed E-state index contributed by atoms with van der Waals surface area (Å²) >= 11 is 0. The molecule has 0 aromatic heterocycles. The Balaban J connectivity index is 2.38. The van der Waals surface area contributed by atoms with Crippen molar-refractivity contribution in [3.8, 4) is 0 Å². The Labute approximate surface area is 76.5 Å². The van der Waals surface area contributed by atoms with Crippen LogP contribution in [0, 0.1) is 0 Å². The highest BCUT2D eigenvalue weighted by atomic mass is 16.1. The van der Waals surface area contributed by atoms with E-state index in [4.69, 9.17) is 0 Å². The van der Waals surface area contributed by atoms with Crippen molar-refractivity contribution in [1.29, 1.82) is 0 Å². The average molecular weight is 177 g/mol. The summed E-state index contributed by atoms with van der Waals surface area (Å²) in [6.07, 6.45) is 5.46. The van der Waals surface area contributed by atoms with Gasteiger partial charge in [0.15, 0.2) is 5.78 Å². The number of carbonyl (C=O) groups is 2. The predicted molar refractivity (Wildman–Crippen MR) is 48.0 cm³/mol. The van der Waals surface area contributed by atoms with E-state index in [0.717, 1.165) is 25.8 Å². The fourth-order valence-corrected chi connectivity index (χ4v) is 1.69. The Hall–Kier alpha value is -1.38. The van der Waals surface area contributed by atoms with Gasteiger partial charge in [0.1, 0.15) is 0 Å². The SMILES string of the molecule is O=C1C=CC(=O)C2=C1CCCCN2. The number of carbonyl (C=O) groups excluding carboxylic acids is 2. The lowest BCUT2D eigenvalue weighted by Crippen LogP contribution is -2.25. The molecule has 0 saturated carbocycles. The van der Waals surface area contributed by atoms with Crippen LogP contribution in [0.2, 0.25) is 0 Å². The highest BCUT2D eigenvalue weighted by Gasteiger charge is 2.23. The van der Waals surface area contributed by atoms with Gasteiger partial charge in [-0.25, -0.2) is 0 Å². The van der Waals surface area contributed by atoms with Gasteiger partial charge in [-0.15, -0.1) is 0 Å². The molecular formula is C10H11NO2. The van der Waals surface area contributed by atoms with E-state index in [1.165, 1.54) is 12.2 Å². The summed E-state index contributed by atoms with van der Waals surface area (Å²) in [5.41, 5.74) is 1.20. The van der Waals surface area contributed by atoms with Crippen LogP contribution in [0.1, 0.15) is 19.3 Å². The van der Waals surface area contributed by atoms with Gasteiger partial charge in [0.25, 0.3) is 0 Å². The molecule has 3 heteroatoms. The Morgan fingerprint density at radius 1 is 1.08 bits per heavy atom. The molecule has 0 unspecified atom stereocenters. The molecule has 3 nitrogen and oxygen atoms in total. The third kappa shape index (κ3) is 1.41. The van der Waals surface area contributed by atoms with E-state index in [1.54, 1.807) is 0 Å². The molecule has 2 rings (SSSR count). The smallest absolute Gasteiger partial charge is 0.202 e. The van der Waals surface area contributed by atoms with Gasteiger partial charge in [-0.2, -0.15) is 0 Å². The normalized spacial score (nSPS) is 22.5. The standard InChI is InChI=1S/C10H11NO2/c12-8-4-5-9(13)10-7(8)3-1-2-6-11-10/h4-5,11H,1-3,6H2. The van der Waals surface area contributed by atoms with Crippen LogP contribution in [0.3, 0.4) is 0 Å². The second-order valence-corrected chi connectivity index (χ2v) is 3.30. The summed E-state index contributed by atoms with van der Waals surface area (Å²) < 4.78 is 0. The van der Waals surface area contributed by atoms with Crippen LogP contribution < -0.4 is 5.32 Å². The van der Waals surface area contributed by atoms with Crippen molar-refractivity contribution in [3.63, 3.8) is 0 Å². The molecule has 1 aliphatic carbocycles. The van der Waals surface area contributed by atoms with E-state index in [0.29, 0.717) is 11.3 Å². The minimum atomic E-state index is -0.0588. The van der Waals surface area contributed by atoms with Crippen molar-refractivity contribution in [2.75, 3.05) is 6.54 Å². The van der Waals surface area contributed by atoms with Gasteiger partial charge in [0, 0.05) is 12.1 Å². The second kappa shape index (κ2) is 3.17. The zero-order valence-corrected chi connectivity index (χ0v) is 7.30. The average Bonchev–Trinajstić information content (AvgIpc) is 2.37. The van der Waals surface area contributed by atoms with Crippen LogP contribution >= 0.6 is 0 Å².